The van der Waals surface area contributed by atoms with E-state index in [1.165, 1.54) is 0 Å². The average molecular weight is 396 g/mol. The fraction of sp³-hybridized carbons (Fsp3) is 0.316. The molecule has 28 heavy (non-hydrogen) atoms. The Hall–Kier alpha value is -3.18. The number of anilines is 1. The number of nitrogens with one attached hydrogen (secondary N) is 1. The Morgan fingerprint density at radius 3 is 3.14 bits per heavy atom. The quantitative estimate of drug-likeness (QED) is 0.729. The number of carbonyl (C=O) groups is 1. The maximum atomic E-state index is 12.0. The van der Waals surface area contributed by atoms with Crippen LogP contribution in [0.4, 0.5) is 5.82 Å². The summed E-state index contributed by atoms with van der Waals surface area (Å²) < 4.78 is 1.76. The number of piperidine rings is 1. The molecule has 0 unspecified atom stereocenters. The Bertz CT molecular complexity index is 1060. The van der Waals surface area contributed by atoms with Crippen molar-refractivity contribution in [3.8, 4) is 17.5 Å². The van der Waals surface area contributed by atoms with E-state index in [0.29, 0.717) is 29.8 Å². The third kappa shape index (κ3) is 3.62. The molecule has 1 aliphatic rings. The van der Waals surface area contributed by atoms with Crippen LogP contribution in [0.2, 0.25) is 5.02 Å². The van der Waals surface area contributed by atoms with Crippen LogP contribution in [0.15, 0.2) is 36.8 Å². The largest absolute Gasteiger partial charge is 0.364 e. The Labute approximate surface area is 166 Å². The summed E-state index contributed by atoms with van der Waals surface area (Å²) in [4.78, 5) is 22.7. The van der Waals surface area contributed by atoms with Crippen LogP contribution in [0, 0.1) is 11.3 Å². The first-order valence-corrected chi connectivity index (χ1v) is 9.40. The van der Waals surface area contributed by atoms with Gasteiger partial charge in [0.25, 0.3) is 0 Å². The maximum Gasteiger partial charge on any atom is 0.236 e. The van der Waals surface area contributed by atoms with Crippen LogP contribution in [-0.2, 0) is 4.79 Å². The van der Waals surface area contributed by atoms with Crippen LogP contribution in [0.25, 0.3) is 16.9 Å². The molecule has 1 saturated heterocycles. The minimum Gasteiger partial charge on any atom is -0.364 e. The second-order valence-electron chi connectivity index (χ2n) is 6.64. The first-order valence-electron chi connectivity index (χ1n) is 9.02. The van der Waals surface area contributed by atoms with Gasteiger partial charge in [-0.15, -0.1) is 0 Å². The van der Waals surface area contributed by atoms with Gasteiger partial charge >= 0.3 is 0 Å². The molecule has 0 radical (unpaired) electrons. The highest BCUT2D eigenvalue weighted by molar-refractivity contribution is 6.32. The summed E-state index contributed by atoms with van der Waals surface area (Å²) in [5.41, 5.74) is 1.72. The van der Waals surface area contributed by atoms with E-state index in [1.54, 1.807) is 21.8 Å². The molecule has 4 rings (SSSR count). The molecular formula is C19H18ClN7O. The first-order chi connectivity index (χ1) is 13.7. The van der Waals surface area contributed by atoms with Crippen molar-refractivity contribution in [2.24, 2.45) is 0 Å². The molecule has 0 spiro atoms. The number of nitrogens with zero attached hydrogens (tertiary/aromatic N) is 6. The summed E-state index contributed by atoms with van der Waals surface area (Å²) in [5.74, 6) is 0.915. The number of hydrogen-bond acceptors (Lipinski definition) is 6. The van der Waals surface area contributed by atoms with Gasteiger partial charge in [0.1, 0.15) is 17.3 Å². The molecule has 3 aromatic rings. The Balaban J connectivity index is 1.56. The second kappa shape index (κ2) is 7.82. The van der Waals surface area contributed by atoms with Crippen molar-refractivity contribution in [2.45, 2.75) is 25.3 Å². The zero-order valence-electron chi connectivity index (χ0n) is 15.0. The number of halogens is 1. The van der Waals surface area contributed by atoms with Gasteiger partial charge < -0.3 is 10.2 Å². The fourth-order valence-corrected chi connectivity index (χ4v) is 3.54. The summed E-state index contributed by atoms with van der Waals surface area (Å²) in [5, 5.41) is 16.8. The monoisotopic (exact) mass is 395 g/mol. The highest BCUT2D eigenvalue weighted by atomic mass is 35.5. The zero-order chi connectivity index (χ0) is 19.5. The van der Waals surface area contributed by atoms with Crippen LogP contribution < -0.4 is 5.32 Å². The molecule has 3 aromatic heterocycles. The molecule has 1 fully saturated rings. The minimum absolute atomic E-state index is 0.0144. The van der Waals surface area contributed by atoms with Crippen LogP contribution in [-0.4, -0.2) is 49.5 Å². The predicted octanol–water partition coefficient (Wildman–Crippen LogP) is 2.76. The summed E-state index contributed by atoms with van der Waals surface area (Å²) in [6.45, 7) is 1.19. The van der Waals surface area contributed by atoms with Gasteiger partial charge in [-0.2, -0.15) is 10.4 Å². The van der Waals surface area contributed by atoms with Gasteiger partial charge in [0.05, 0.1) is 29.5 Å². The van der Waals surface area contributed by atoms with E-state index >= 15 is 0 Å². The number of likely N-dealkylation sites (tertiary alicyclic amines) is 1. The third-order valence-electron chi connectivity index (χ3n) is 4.76. The smallest absolute Gasteiger partial charge is 0.236 e. The predicted molar refractivity (Wildman–Crippen MR) is 105 cm³/mol. The molecule has 0 aliphatic carbocycles. The van der Waals surface area contributed by atoms with E-state index in [0.717, 1.165) is 23.9 Å². The minimum atomic E-state index is -0.144. The van der Waals surface area contributed by atoms with Gasteiger partial charge in [0.2, 0.25) is 5.91 Å². The topological polar surface area (TPSA) is 99.2 Å². The number of carbonyl (C=O) groups excluding carboxylic acids is 1. The summed E-state index contributed by atoms with van der Waals surface area (Å²) in [7, 11) is 0. The Kier molecular flexibility index (Phi) is 5.08. The number of fused-ring (bicyclic) bond motifs is 1. The summed E-state index contributed by atoms with van der Waals surface area (Å²) in [6, 6.07) is 7.72. The van der Waals surface area contributed by atoms with Gasteiger partial charge in [-0.1, -0.05) is 17.7 Å². The molecule has 142 valence electrons. The zero-order valence-corrected chi connectivity index (χ0v) is 15.8. The molecule has 4 heterocycles. The molecule has 1 amide bonds. The molecular weight excluding hydrogens is 378 g/mol. The highest BCUT2D eigenvalue weighted by Crippen LogP contribution is 2.27. The number of hydrogen-bond donors (Lipinski definition) is 1. The number of amides is 1. The number of pyridine rings is 1. The van der Waals surface area contributed by atoms with Crippen molar-refractivity contribution in [3.05, 3.63) is 41.8 Å². The van der Waals surface area contributed by atoms with E-state index in [9.17, 15) is 4.79 Å². The maximum absolute atomic E-state index is 12.0. The highest BCUT2D eigenvalue weighted by Gasteiger charge is 2.24. The van der Waals surface area contributed by atoms with Crippen LogP contribution in [0.1, 0.15) is 19.3 Å². The molecule has 1 N–H and O–H groups in total. The van der Waals surface area contributed by atoms with E-state index in [1.807, 2.05) is 30.5 Å². The molecule has 1 aliphatic heterocycles. The Morgan fingerprint density at radius 1 is 1.39 bits per heavy atom. The van der Waals surface area contributed by atoms with E-state index in [4.69, 9.17) is 16.9 Å². The number of rotatable bonds is 4. The van der Waals surface area contributed by atoms with E-state index in [-0.39, 0.29) is 18.4 Å². The molecule has 0 aromatic carbocycles. The fourth-order valence-electron chi connectivity index (χ4n) is 3.40. The third-order valence-corrected chi connectivity index (χ3v) is 5.03. The van der Waals surface area contributed by atoms with Crippen molar-refractivity contribution in [2.75, 3.05) is 18.4 Å². The summed E-state index contributed by atoms with van der Waals surface area (Å²) in [6.07, 6.45) is 6.81. The number of nitriles is 1. The average Bonchev–Trinajstić information content (AvgIpc) is 3.14. The standard InChI is InChI=1S/C19H18ClN7O/c20-15-11-22-18(14-10-23-27-9-2-1-5-16(14)27)25-19(15)24-13-4-3-8-26(12-13)17(28)6-7-21/h1-2,5,9-11,13H,3-4,6,8,12H2,(H,22,24,25)/t13-/m1/s1. The molecule has 8 nitrogen and oxygen atoms in total. The second-order valence-corrected chi connectivity index (χ2v) is 7.04. The van der Waals surface area contributed by atoms with Crippen LogP contribution in [0.3, 0.4) is 0 Å². The Morgan fingerprint density at radius 2 is 2.29 bits per heavy atom. The van der Waals surface area contributed by atoms with Crippen molar-refractivity contribution >= 4 is 28.8 Å². The van der Waals surface area contributed by atoms with Gasteiger partial charge in [-0.05, 0) is 25.0 Å². The first kappa shape index (κ1) is 18.2. The lowest BCUT2D eigenvalue weighted by atomic mass is 10.1. The lowest BCUT2D eigenvalue weighted by Gasteiger charge is -2.33. The lowest BCUT2D eigenvalue weighted by molar-refractivity contribution is -0.131. The molecule has 1 atom stereocenters. The lowest BCUT2D eigenvalue weighted by Crippen LogP contribution is -2.45. The SMILES string of the molecule is N#CCC(=O)N1CCC[C@@H](Nc2nc(-c3cnn4ccccc34)ncc2Cl)C1. The van der Waals surface area contributed by atoms with Crippen molar-refractivity contribution in [3.63, 3.8) is 0 Å². The van der Waals surface area contributed by atoms with Gasteiger partial charge in [-0.25, -0.2) is 14.5 Å². The van der Waals surface area contributed by atoms with Crippen molar-refractivity contribution < 1.29 is 4.79 Å². The van der Waals surface area contributed by atoms with E-state index in [2.05, 4.69) is 20.4 Å². The van der Waals surface area contributed by atoms with Crippen LogP contribution in [0.5, 0.6) is 0 Å². The van der Waals surface area contributed by atoms with Crippen molar-refractivity contribution in [1.82, 2.24) is 24.5 Å². The van der Waals surface area contributed by atoms with Gasteiger partial charge in [0.15, 0.2) is 5.82 Å². The van der Waals surface area contributed by atoms with Crippen molar-refractivity contribution in [1.29, 1.82) is 5.26 Å². The van der Waals surface area contributed by atoms with E-state index < -0.39 is 0 Å². The van der Waals surface area contributed by atoms with Gasteiger partial charge in [0, 0.05) is 25.3 Å². The molecule has 9 heteroatoms. The molecule has 0 saturated carbocycles. The van der Waals surface area contributed by atoms with Gasteiger partial charge in [-0.3, -0.25) is 4.79 Å². The molecule has 0 bridgehead atoms. The normalized spacial score (nSPS) is 16.7. The number of aromatic nitrogens is 4. The summed E-state index contributed by atoms with van der Waals surface area (Å²) >= 11 is 6.31. The van der Waals surface area contributed by atoms with Crippen LogP contribution >= 0.6 is 11.6 Å².